The number of carbonyl (C=O) groups is 1. The monoisotopic (exact) mass is 197 g/mol. The first-order valence-corrected chi connectivity index (χ1v) is 5.83. The van der Waals surface area contributed by atoms with Gasteiger partial charge in [0.1, 0.15) is 5.78 Å². The van der Waals surface area contributed by atoms with Crippen LogP contribution in [0.1, 0.15) is 46.5 Å². The molecule has 82 valence electrons. The number of Topliss-reactive ketones (excluding diaryl/α,β-unsaturated/α-hetero) is 1. The van der Waals surface area contributed by atoms with Crippen LogP contribution in [-0.2, 0) is 4.79 Å². The molecule has 2 unspecified atom stereocenters. The summed E-state index contributed by atoms with van der Waals surface area (Å²) in [6.45, 7) is 7.17. The molecule has 1 rings (SSSR count). The molecule has 0 saturated heterocycles. The van der Waals surface area contributed by atoms with Crippen LogP contribution in [-0.4, -0.2) is 18.4 Å². The molecule has 0 radical (unpaired) electrons. The molecule has 1 saturated carbocycles. The average Bonchev–Trinajstić information content (AvgIpc) is 2.15. The number of hydrogen-bond acceptors (Lipinski definition) is 2. The van der Waals surface area contributed by atoms with E-state index in [9.17, 15) is 4.79 Å². The van der Waals surface area contributed by atoms with Crippen molar-refractivity contribution in [3.05, 3.63) is 0 Å². The van der Waals surface area contributed by atoms with E-state index in [2.05, 4.69) is 19.2 Å². The Morgan fingerprint density at radius 1 is 1.43 bits per heavy atom. The zero-order valence-electron chi connectivity index (χ0n) is 9.68. The van der Waals surface area contributed by atoms with Gasteiger partial charge in [-0.05, 0) is 38.6 Å². The minimum atomic E-state index is 0.350. The van der Waals surface area contributed by atoms with Crippen molar-refractivity contribution in [2.24, 2.45) is 11.8 Å². The molecule has 0 heterocycles. The fraction of sp³-hybridized carbons (Fsp3) is 0.917. The van der Waals surface area contributed by atoms with E-state index >= 15 is 0 Å². The van der Waals surface area contributed by atoms with Gasteiger partial charge in [0.05, 0.1) is 0 Å². The van der Waals surface area contributed by atoms with Crippen molar-refractivity contribution in [3.63, 3.8) is 0 Å². The lowest BCUT2D eigenvalue weighted by atomic mass is 9.79. The zero-order valence-corrected chi connectivity index (χ0v) is 9.68. The third-order valence-corrected chi connectivity index (χ3v) is 3.17. The van der Waals surface area contributed by atoms with E-state index in [1.807, 2.05) is 0 Å². The second kappa shape index (κ2) is 5.50. The van der Waals surface area contributed by atoms with Crippen molar-refractivity contribution in [1.82, 2.24) is 5.32 Å². The molecule has 0 aromatic heterocycles. The van der Waals surface area contributed by atoms with Crippen molar-refractivity contribution in [3.8, 4) is 0 Å². The second-order valence-corrected chi connectivity index (χ2v) is 4.90. The molecule has 2 nitrogen and oxygen atoms in total. The second-order valence-electron chi connectivity index (χ2n) is 4.90. The van der Waals surface area contributed by atoms with E-state index in [1.54, 1.807) is 6.92 Å². The Balaban J connectivity index is 2.29. The summed E-state index contributed by atoms with van der Waals surface area (Å²) >= 11 is 0. The quantitative estimate of drug-likeness (QED) is 0.749. The lowest BCUT2D eigenvalue weighted by molar-refractivity contribution is -0.122. The maximum Gasteiger partial charge on any atom is 0.132 e. The highest BCUT2D eigenvalue weighted by molar-refractivity contribution is 5.78. The number of rotatable bonds is 4. The van der Waals surface area contributed by atoms with Crippen LogP contribution in [0.2, 0.25) is 0 Å². The first kappa shape index (κ1) is 11.7. The SMILES string of the molecule is CC(=O)C1CCCC(CNC(C)C)C1. The van der Waals surface area contributed by atoms with Gasteiger partial charge in [-0.3, -0.25) is 4.79 Å². The van der Waals surface area contributed by atoms with Gasteiger partial charge >= 0.3 is 0 Å². The summed E-state index contributed by atoms with van der Waals surface area (Å²) in [7, 11) is 0. The molecule has 1 aliphatic carbocycles. The van der Waals surface area contributed by atoms with Crippen molar-refractivity contribution >= 4 is 5.78 Å². The van der Waals surface area contributed by atoms with Crippen molar-refractivity contribution in [2.45, 2.75) is 52.5 Å². The molecule has 2 atom stereocenters. The van der Waals surface area contributed by atoms with Crippen LogP contribution in [0.15, 0.2) is 0 Å². The lowest BCUT2D eigenvalue weighted by Crippen LogP contribution is -2.32. The molecule has 14 heavy (non-hydrogen) atoms. The van der Waals surface area contributed by atoms with E-state index in [0.29, 0.717) is 17.7 Å². The molecule has 0 aromatic rings. The maximum atomic E-state index is 11.3. The molecule has 0 amide bonds. The Kier molecular flexibility index (Phi) is 4.59. The summed E-state index contributed by atoms with van der Waals surface area (Å²) < 4.78 is 0. The van der Waals surface area contributed by atoms with Gasteiger partial charge in [-0.2, -0.15) is 0 Å². The van der Waals surface area contributed by atoms with Crippen molar-refractivity contribution in [2.75, 3.05) is 6.54 Å². The predicted octanol–water partition coefficient (Wildman–Crippen LogP) is 2.38. The van der Waals surface area contributed by atoms with Gasteiger partial charge in [-0.1, -0.05) is 20.3 Å². The topological polar surface area (TPSA) is 29.1 Å². The summed E-state index contributed by atoms with van der Waals surface area (Å²) in [6, 6.07) is 0.563. The van der Waals surface area contributed by atoms with Gasteiger partial charge in [0.2, 0.25) is 0 Å². The Hall–Kier alpha value is -0.370. The van der Waals surface area contributed by atoms with Crippen LogP contribution in [0.25, 0.3) is 0 Å². The van der Waals surface area contributed by atoms with Crippen LogP contribution in [0.3, 0.4) is 0 Å². The Labute approximate surface area is 87.5 Å². The summed E-state index contributed by atoms with van der Waals surface area (Å²) in [5, 5.41) is 3.46. The Morgan fingerprint density at radius 2 is 2.14 bits per heavy atom. The smallest absolute Gasteiger partial charge is 0.132 e. The van der Waals surface area contributed by atoms with Gasteiger partial charge < -0.3 is 5.32 Å². The molecule has 1 N–H and O–H groups in total. The van der Waals surface area contributed by atoms with Crippen molar-refractivity contribution in [1.29, 1.82) is 0 Å². The highest BCUT2D eigenvalue weighted by Crippen LogP contribution is 2.29. The van der Waals surface area contributed by atoms with Crippen LogP contribution in [0.5, 0.6) is 0 Å². The van der Waals surface area contributed by atoms with Gasteiger partial charge in [0.25, 0.3) is 0 Å². The molecule has 0 aromatic carbocycles. The largest absolute Gasteiger partial charge is 0.314 e. The molecule has 0 spiro atoms. The highest BCUT2D eigenvalue weighted by atomic mass is 16.1. The van der Waals surface area contributed by atoms with Crippen LogP contribution < -0.4 is 5.32 Å². The van der Waals surface area contributed by atoms with E-state index in [-0.39, 0.29) is 0 Å². The average molecular weight is 197 g/mol. The van der Waals surface area contributed by atoms with Gasteiger partial charge in [0.15, 0.2) is 0 Å². The Bertz CT molecular complexity index is 189. The molecular weight excluding hydrogens is 174 g/mol. The standard InChI is InChI=1S/C12H23NO/c1-9(2)13-8-11-5-4-6-12(7-11)10(3)14/h9,11-13H,4-8H2,1-3H3. The minimum Gasteiger partial charge on any atom is -0.314 e. The number of hydrogen-bond donors (Lipinski definition) is 1. The van der Waals surface area contributed by atoms with Crippen molar-refractivity contribution < 1.29 is 4.79 Å². The number of carbonyl (C=O) groups excluding carboxylic acids is 1. The first-order chi connectivity index (χ1) is 6.59. The first-order valence-electron chi connectivity index (χ1n) is 5.83. The van der Waals surface area contributed by atoms with E-state index in [4.69, 9.17) is 0 Å². The third kappa shape index (κ3) is 3.79. The predicted molar refractivity (Wildman–Crippen MR) is 59.3 cm³/mol. The zero-order chi connectivity index (χ0) is 10.6. The fourth-order valence-electron chi connectivity index (χ4n) is 2.25. The summed E-state index contributed by atoms with van der Waals surface area (Å²) in [5.41, 5.74) is 0. The third-order valence-electron chi connectivity index (χ3n) is 3.17. The summed E-state index contributed by atoms with van der Waals surface area (Å²) in [5.74, 6) is 1.46. The molecule has 2 heteroatoms. The molecule has 1 fully saturated rings. The van der Waals surface area contributed by atoms with Crippen LogP contribution in [0.4, 0.5) is 0 Å². The number of nitrogens with one attached hydrogen (secondary N) is 1. The lowest BCUT2D eigenvalue weighted by Gasteiger charge is -2.28. The molecular formula is C12H23NO. The maximum absolute atomic E-state index is 11.3. The summed E-state index contributed by atoms with van der Waals surface area (Å²) in [6.07, 6.45) is 4.75. The van der Waals surface area contributed by atoms with Crippen LogP contribution >= 0.6 is 0 Å². The fourth-order valence-corrected chi connectivity index (χ4v) is 2.25. The Morgan fingerprint density at radius 3 is 2.71 bits per heavy atom. The van der Waals surface area contributed by atoms with E-state index in [0.717, 1.165) is 25.3 Å². The van der Waals surface area contributed by atoms with E-state index in [1.165, 1.54) is 12.8 Å². The molecule has 0 bridgehead atoms. The van der Waals surface area contributed by atoms with E-state index < -0.39 is 0 Å². The number of ketones is 1. The van der Waals surface area contributed by atoms with Gasteiger partial charge in [-0.15, -0.1) is 0 Å². The minimum absolute atomic E-state index is 0.350. The van der Waals surface area contributed by atoms with Gasteiger partial charge in [-0.25, -0.2) is 0 Å². The highest BCUT2D eigenvalue weighted by Gasteiger charge is 2.24. The molecule has 1 aliphatic rings. The normalized spacial score (nSPS) is 28.0. The van der Waals surface area contributed by atoms with Gasteiger partial charge in [0, 0.05) is 12.0 Å². The summed E-state index contributed by atoms with van der Waals surface area (Å²) in [4.78, 5) is 11.3. The van der Waals surface area contributed by atoms with Crippen LogP contribution in [0, 0.1) is 11.8 Å². The molecule has 0 aliphatic heterocycles.